The second-order valence-corrected chi connectivity index (χ2v) is 4.94. The van der Waals surface area contributed by atoms with E-state index in [1.54, 1.807) is 0 Å². The van der Waals surface area contributed by atoms with Crippen molar-refractivity contribution in [1.82, 2.24) is 0 Å². The molecule has 0 amide bonds. The van der Waals surface area contributed by atoms with Gasteiger partial charge in [0.2, 0.25) is 0 Å². The molecule has 17 heavy (non-hydrogen) atoms. The zero-order valence-corrected chi connectivity index (χ0v) is 10.7. The molecule has 0 aromatic heterocycles. The fraction of sp³-hybridized carbons (Fsp3) is 0.538. The Labute approximate surface area is 107 Å². The highest BCUT2D eigenvalue weighted by atomic mass is 35.5. The molecule has 0 spiro atoms. The van der Waals surface area contributed by atoms with Crippen LogP contribution in [0.1, 0.15) is 18.9 Å². The molecule has 1 heterocycles. The summed E-state index contributed by atoms with van der Waals surface area (Å²) >= 11 is 6.13. The van der Waals surface area contributed by atoms with E-state index in [-0.39, 0.29) is 6.10 Å². The number of benzene rings is 1. The van der Waals surface area contributed by atoms with E-state index < -0.39 is 5.79 Å². The van der Waals surface area contributed by atoms with E-state index in [0.717, 1.165) is 17.0 Å². The van der Waals surface area contributed by atoms with Crippen LogP contribution in [0, 0.1) is 0 Å². The lowest BCUT2D eigenvalue weighted by molar-refractivity contribution is -0.152. The molecule has 1 aliphatic rings. The Morgan fingerprint density at radius 2 is 2.24 bits per heavy atom. The standard InChI is InChI=1S/C13H18ClNO2/c1-13(16-9-11(17-13)6-7-15)8-10-4-2-3-5-12(10)14/h2-5,11H,6-9,15H2,1H3. The van der Waals surface area contributed by atoms with Gasteiger partial charge in [0, 0.05) is 11.4 Å². The minimum absolute atomic E-state index is 0.104. The Morgan fingerprint density at radius 3 is 2.94 bits per heavy atom. The summed E-state index contributed by atoms with van der Waals surface area (Å²) in [5.74, 6) is -0.579. The second kappa shape index (κ2) is 5.36. The molecule has 1 aromatic carbocycles. The van der Waals surface area contributed by atoms with Crippen molar-refractivity contribution in [3.05, 3.63) is 34.9 Å². The van der Waals surface area contributed by atoms with Gasteiger partial charge in [-0.2, -0.15) is 0 Å². The summed E-state index contributed by atoms with van der Waals surface area (Å²) in [7, 11) is 0. The maximum atomic E-state index is 6.13. The molecule has 4 heteroatoms. The van der Waals surface area contributed by atoms with Crippen molar-refractivity contribution in [2.24, 2.45) is 5.73 Å². The SMILES string of the molecule is CC1(Cc2ccccc2Cl)OCC(CCN)O1. The fourth-order valence-corrected chi connectivity index (χ4v) is 2.30. The molecule has 2 N–H and O–H groups in total. The summed E-state index contributed by atoms with van der Waals surface area (Å²) < 4.78 is 11.6. The quantitative estimate of drug-likeness (QED) is 0.898. The van der Waals surface area contributed by atoms with Gasteiger partial charge in [-0.1, -0.05) is 29.8 Å². The largest absolute Gasteiger partial charge is 0.347 e. The van der Waals surface area contributed by atoms with E-state index in [0.29, 0.717) is 19.6 Å². The normalized spacial score (nSPS) is 28.5. The van der Waals surface area contributed by atoms with Gasteiger partial charge in [0.25, 0.3) is 0 Å². The first kappa shape index (κ1) is 12.8. The Morgan fingerprint density at radius 1 is 1.47 bits per heavy atom. The van der Waals surface area contributed by atoms with Crippen LogP contribution in [0.5, 0.6) is 0 Å². The van der Waals surface area contributed by atoms with E-state index in [1.165, 1.54) is 0 Å². The monoisotopic (exact) mass is 255 g/mol. The molecular weight excluding hydrogens is 238 g/mol. The van der Waals surface area contributed by atoms with Gasteiger partial charge in [-0.3, -0.25) is 0 Å². The van der Waals surface area contributed by atoms with Crippen LogP contribution < -0.4 is 5.73 Å². The fourth-order valence-electron chi connectivity index (χ4n) is 2.10. The van der Waals surface area contributed by atoms with Gasteiger partial charge in [-0.25, -0.2) is 0 Å². The van der Waals surface area contributed by atoms with Gasteiger partial charge in [-0.15, -0.1) is 0 Å². The highest BCUT2D eigenvalue weighted by Gasteiger charge is 2.37. The highest BCUT2D eigenvalue weighted by Crippen LogP contribution is 2.30. The number of halogens is 1. The minimum Gasteiger partial charge on any atom is -0.347 e. The Bertz CT molecular complexity index is 385. The number of ether oxygens (including phenoxy) is 2. The maximum absolute atomic E-state index is 6.13. The maximum Gasteiger partial charge on any atom is 0.170 e. The smallest absolute Gasteiger partial charge is 0.170 e. The molecule has 1 aromatic rings. The van der Waals surface area contributed by atoms with Crippen molar-refractivity contribution >= 4 is 11.6 Å². The van der Waals surface area contributed by atoms with Gasteiger partial charge in [0.05, 0.1) is 12.7 Å². The molecule has 2 rings (SSSR count). The van der Waals surface area contributed by atoms with Crippen LogP contribution in [0.15, 0.2) is 24.3 Å². The summed E-state index contributed by atoms with van der Waals surface area (Å²) in [4.78, 5) is 0. The molecule has 2 atom stereocenters. The number of hydrogen-bond acceptors (Lipinski definition) is 3. The van der Waals surface area contributed by atoms with E-state index in [2.05, 4.69) is 0 Å². The van der Waals surface area contributed by atoms with E-state index in [1.807, 2.05) is 31.2 Å². The van der Waals surface area contributed by atoms with Gasteiger partial charge in [0.15, 0.2) is 5.79 Å². The first-order valence-corrected chi connectivity index (χ1v) is 6.26. The summed E-state index contributed by atoms with van der Waals surface area (Å²) in [6.45, 7) is 3.18. The van der Waals surface area contributed by atoms with Crippen molar-refractivity contribution in [2.75, 3.05) is 13.2 Å². The minimum atomic E-state index is -0.579. The zero-order chi connectivity index (χ0) is 12.3. The third kappa shape index (κ3) is 3.19. The predicted octanol–water partition coefficient (Wildman–Crippen LogP) is 2.36. The number of rotatable bonds is 4. The number of nitrogens with two attached hydrogens (primary N) is 1. The van der Waals surface area contributed by atoms with Crippen molar-refractivity contribution in [3.63, 3.8) is 0 Å². The topological polar surface area (TPSA) is 44.5 Å². The molecular formula is C13H18ClNO2. The van der Waals surface area contributed by atoms with E-state index >= 15 is 0 Å². The lowest BCUT2D eigenvalue weighted by Crippen LogP contribution is -2.30. The van der Waals surface area contributed by atoms with Crippen LogP contribution in [0.2, 0.25) is 5.02 Å². The molecule has 0 bridgehead atoms. The molecule has 0 radical (unpaired) electrons. The average molecular weight is 256 g/mol. The van der Waals surface area contributed by atoms with Crippen LogP contribution in [-0.2, 0) is 15.9 Å². The molecule has 94 valence electrons. The van der Waals surface area contributed by atoms with Crippen LogP contribution in [0.4, 0.5) is 0 Å². The van der Waals surface area contributed by atoms with Gasteiger partial charge in [-0.05, 0) is 31.5 Å². The van der Waals surface area contributed by atoms with E-state index in [9.17, 15) is 0 Å². The Hall–Kier alpha value is -0.610. The summed E-state index contributed by atoms with van der Waals surface area (Å²) in [5.41, 5.74) is 6.56. The average Bonchev–Trinajstić information content (AvgIpc) is 2.64. The first-order valence-electron chi connectivity index (χ1n) is 5.88. The van der Waals surface area contributed by atoms with Crippen molar-refractivity contribution < 1.29 is 9.47 Å². The summed E-state index contributed by atoms with van der Waals surface area (Å²) in [6, 6.07) is 7.77. The van der Waals surface area contributed by atoms with E-state index in [4.69, 9.17) is 26.8 Å². The molecule has 2 unspecified atom stereocenters. The number of hydrogen-bond donors (Lipinski definition) is 1. The molecule has 0 saturated carbocycles. The lowest BCUT2D eigenvalue weighted by Gasteiger charge is -2.23. The summed E-state index contributed by atoms with van der Waals surface area (Å²) in [6.07, 6.45) is 1.60. The lowest BCUT2D eigenvalue weighted by atomic mass is 10.1. The van der Waals surface area contributed by atoms with Crippen molar-refractivity contribution in [2.45, 2.75) is 31.7 Å². The van der Waals surface area contributed by atoms with Crippen LogP contribution >= 0.6 is 11.6 Å². The van der Waals surface area contributed by atoms with Crippen molar-refractivity contribution in [3.8, 4) is 0 Å². The van der Waals surface area contributed by atoms with Gasteiger partial charge < -0.3 is 15.2 Å². The molecule has 3 nitrogen and oxygen atoms in total. The molecule has 1 aliphatic heterocycles. The highest BCUT2D eigenvalue weighted by molar-refractivity contribution is 6.31. The molecule has 1 fully saturated rings. The molecule has 0 aliphatic carbocycles. The third-order valence-corrected chi connectivity index (χ3v) is 3.32. The third-order valence-electron chi connectivity index (χ3n) is 2.95. The van der Waals surface area contributed by atoms with Crippen LogP contribution in [0.3, 0.4) is 0 Å². The zero-order valence-electron chi connectivity index (χ0n) is 9.99. The first-order chi connectivity index (χ1) is 8.13. The molecule has 1 saturated heterocycles. The summed E-state index contributed by atoms with van der Waals surface area (Å²) in [5, 5.41) is 0.753. The Balaban J connectivity index is 2.02. The van der Waals surface area contributed by atoms with Crippen molar-refractivity contribution in [1.29, 1.82) is 0 Å². The predicted molar refractivity (Wildman–Crippen MR) is 68.1 cm³/mol. The van der Waals surface area contributed by atoms with Gasteiger partial charge >= 0.3 is 0 Å². The second-order valence-electron chi connectivity index (χ2n) is 4.53. The van der Waals surface area contributed by atoms with Crippen LogP contribution in [-0.4, -0.2) is 25.0 Å². The Kier molecular flexibility index (Phi) is 4.05. The van der Waals surface area contributed by atoms with Gasteiger partial charge in [0.1, 0.15) is 0 Å². The van der Waals surface area contributed by atoms with Crippen LogP contribution in [0.25, 0.3) is 0 Å².